The second-order valence-electron chi connectivity index (χ2n) is 7.83. The SMILES string of the molecule is Cc1nc(-c2ccccc2)sc1C(=O)C1=C(O)C(=O)N(Cc2cccs2)C1c1ccccc1F. The number of aryl methyl sites for hydroxylation is 1. The van der Waals surface area contributed by atoms with Crippen molar-refractivity contribution >= 4 is 34.4 Å². The molecule has 34 heavy (non-hydrogen) atoms. The van der Waals surface area contributed by atoms with E-state index in [1.807, 2.05) is 47.8 Å². The molecule has 0 fully saturated rings. The van der Waals surface area contributed by atoms with Crippen LogP contribution in [0.1, 0.15) is 31.8 Å². The summed E-state index contributed by atoms with van der Waals surface area (Å²) in [6.45, 7) is 1.86. The van der Waals surface area contributed by atoms with Crippen LogP contribution in [0.3, 0.4) is 0 Å². The summed E-state index contributed by atoms with van der Waals surface area (Å²) in [5.41, 5.74) is 1.38. The monoisotopic (exact) mass is 490 g/mol. The van der Waals surface area contributed by atoms with Crippen LogP contribution in [0.5, 0.6) is 0 Å². The van der Waals surface area contributed by atoms with Crippen molar-refractivity contribution in [2.24, 2.45) is 0 Å². The molecule has 4 aromatic rings. The van der Waals surface area contributed by atoms with Gasteiger partial charge in [0.2, 0.25) is 5.78 Å². The molecule has 0 bridgehead atoms. The molecule has 2 aromatic heterocycles. The highest BCUT2D eigenvalue weighted by Gasteiger charge is 2.45. The van der Waals surface area contributed by atoms with E-state index >= 15 is 0 Å². The molecule has 1 amide bonds. The third-order valence-corrected chi connectivity index (χ3v) is 7.74. The smallest absolute Gasteiger partial charge is 0.290 e. The molecule has 0 spiro atoms. The van der Waals surface area contributed by atoms with Gasteiger partial charge in [0.05, 0.1) is 28.7 Å². The van der Waals surface area contributed by atoms with Crippen molar-refractivity contribution in [2.45, 2.75) is 19.5 Å². The zero-order valence-corrected chi connectivity index (χ0v) is 19.7. The van der Waals surface area contributed by atoms with Gasteiger partial charge in [-0.05, 0) is 24.4 Å². The number of aliphatic hydroxyl groups is 1. The quantitative estimate of drug-likeness (QED) is 0.332. The van der Waals surface area contributed by atoms with Gasteiger partial charge < -0.3 is 10.0 Å². The number of hydrogen-bond acceptors (Lipinski definition) is 6. The number of thiophene rings is 1. The molecule has 170 valence electrons. The number of ketones is 1. The van der Waals surface area contributed by atoms with Crippen LogP contribution in [-0.2, 0) is 11.3 Å². The largest absolute Gasteiger partial charge is 0.503 e. The van der Waals surface area contributed by atoms with Gasteiger partial charge in [-0.15, -0.1) is 22.7 Å². The fourth-order valence-corrected chi connectivity index (χ4v) is 5.80. The summed E-state index contributed by atoms with van der Waals surface area (Å²) >= 11 is 2.63. The molecule has 1 atom stereocenters. The van der Waals surface area contributed by atoms with Gasteiger partial charge in [0.15, 0.2) is 5.76 Å². The standard InChI is InChI=1S/C26H19FN2O3S2/c1-15-24(34-25(28-15)16-8-3-2-4-9-16)22(30)20-21(18-11-5-6-12-19(18)27)29(26(32)23(20)31)14-17-10-7-13-33-17/h2-13,21,31H,14H2,1H3. The van der Waals surface area contributed by atoms with Crippen molar-refractivity contribution in [1.29, 1.82) is 0 Å². The van der Waals surface area contributed by atoms with E-state index in [4.69, 9.17) is 0 Å². The molecule has 1 aliphatic heterocycles. The predicted molar refractivity (Wildman–Crippen MR) is 130 cm³/mol. The fourth-order valence-electron chi connectivity index (χ4n) is 4.07. The summed E-state index contributed by atoms with van der Waals surface area (Å²) in [5, 5.41) is 13.4. The van der Waals surface area contributed by atoms with Gasteiger partial charge in [-0.2, -0.15) is 0 Å². The molecular weight excluding hydrogens is 471 g/mol. The van der Waals surface area contributed by atoms with E-state index in [0.29, 0.717) is 15.6 Å². The van der Waals surface area contributed by atoms with Crippen molar-refractivity contribution < 1.29 is 19.1 Å². The summed E-state index contributed by atoms with van der Waals surface area (Å²) in [6, 6.07) is 18.1. The molecule has 5 rings (SSSR count). The molecule has 0 saturated carbocycles. The number of carbonyl (C=O) groups excluding carboxylic acids is 2. The van der Waals surface area contributed by atoms with Gasteiger partial charge in [0, 0.05) is 16.0 Å². The summed E-state index contributed by atoms with van der Waals surface area (Å²) in [6.07, 6.45) is 0. The molecule has 3 heterocycles. The molecule has 0 radical (unpaired) electrons. The zero-order valence-electron chi connectivity index (χ0n) is 18.1. The molecule has 5 nitrogen and oxygen atoms in total. The number of rotatable bonds is 6. The first kappa shape index (κ1) is 22.2. The van der Waals surface area contributed by atoms with Crippen LogP contribution in [0.15, 0.2) is 83.4 Å². The maximum absolute atomic E-state index is 14.9. The highest BCUT2D eigenvalue weighted by atomic mass is 32.1. The van der Waals surface area contributed by atoms with Crippen LogP contribution in [0.2, 0.25) is 0 Å². The van der Waals surface area contributed by atoms with Crippen LogP contribution in [-0.4, -0.2) is 26.7 Å². The molecule has 1 aliphatic rings. The average molecular weight is 491 g/mol. The molecular formula is C26H19FN2O3S2. The Morgan fingerprint density at radius 1 is 1.09 bits per heavy atom. The molecule has 2 aromatic carbocycles. The lowest BCUT2D eigenvalue weighted by Gasteiger charge is -2.26. The highest BCUT2D eigenvalue weighted by molar-refractivity contribution is 7.17. The van der Waals surface area contributed by atoms with Crippen LogP contribution >= 0.6 is 22.7 Å². The summed E-state index contributed by atoms with van der Waals surface area (Å²) < 4.78 is 14.9. The van der Waals surface area contributed by atoms with Gasteiger partial charge in [-0.1, -0.05) is 54.6 Å². The van der Waals surface area contributed by atoms with E-state index in [1.54, 1.807) is 19.1 Å². The Bertz CT molecular complexity index is 1410. The first-order valence-electron chi connectivity index (χ1n) is 10.5. The number of thiazole rings is 1. The summed E-state index contributed by atoms with van der Waals surface area (Å²) in [5.74, 6) is -2.42. The van der Waals surface area contributed by atoms with Crippen LogP contribution in [0, 0.1) is 12.7 Å². The van der Waals surface area contributed by atoms with Crippen molar-refractivity contribution in [2.75, 3.05) is 0 Å². The Balaban J connectivity index is 1.60. The Labute approximate surface area is 203 Å². The average Bonchev–Trinajstić information content (AvgIpc) is 3.55. The second-order valence-corrected chi connectivity index (χ2v) is 9.86. The highest BCUT2D eigenvalue weighted by Crippen LogP contribution is 2.42. The lowest BCUT2D eigenvalue weighted by atomic mass is 9.94. The number of Topliss-reactive ketones (excluding diaryl/α,β-unsaturated/α-hetero) is 1. The van der Waals surface area contributed by atoms with Crippen LogP contribution in [0.4, 0.5) is 4.39 Å². The third-order valence-electron chi connectivity index (χ3n) is 5.68. The van der Waals surface area contributed by atoms with E-state index in [0.717, 1.165) is 10.4 Å². The third kappa shape index (κ3) is 3.85. The van der Waals surface area contributed by atoms with Crippen molar-refractivity contribution in [3.63, 3.8) is 0 Å². The number of aliphatic hydroxyl groups excluding tert-OH is 1. The van der Waals surface area contributed by atoms with E-state index in [-0.39, 0.29) is 17.7 Å². The Kier molecular flexibility index (Phi) is 5.85. The van der Waals surface area contributed by atoms with Gasteiger partial charge in [0.1, 0.15) is 10.8 Å². The fraction of sp³-hybridized carbons (Fsp3) is 0.115. The second kappa shape index (κ2) is 8.96. The van der Waals surface area contributed by atoms with Crippen molar-refractivity contribution in [3.05, 3.63) is 110 Å². The number of carbonyl (C=O) groups is 2. The van der Waals surface area contributed by atoms with Crippen LogP contribution < -0.4 is 0 Å². The molecule has 0 aliphatic carbocycles. The molecule has 1 N–H and O–H groups in total. The minimum Gasteiger partial charge on any atom is -0.503 e. The van der Waals surface area contributed by atoms with Gasteiger partial charge >= 0.3 is 0 Å². The molecule has 8 heteroatoms. The first-order valence-corrected chi connectivity index (χ1v) is 12.2. The number of nitrogens with zero attached hydrogens (tertiary/aromatic N) is 2. The van der Waals surface area contributed by atoms with Gasteiger partial charge in [-0.3, -0.25) is 9.59 Å². The Morgan fingerprint density at radius 2 is 1.82 bits per heavy atom. The van der Waals surface area contributed by atoms with E-state index < -0.39 is 29.3 Å². The van der Waals surface area contributed by atoms with Crippen molar-refractivity contribution in [1.82, 2.24) is 9.88 Å². The Morgan fingerprint density at radius 3 is 2.53 bits per heavy atom. The maximum Gasteiger partial charge on any atom is 0.290 e. The van der Waals surface area contributed by atoms with Crippen LogP contribution in [0.25, 0.3) is 10.6 Å². The summed E-state index contributed by atoms with van der Waals surface area (Å²) in [7, 11) is 0. The molecule has 0 saturated heterocycles. The lowest BCUT2D eigenvalue weighted by Crippen LogP contribution is -2.31. The molecule has 1 unspecified atom stereocenters. The Hall–Kier alpha value is -3.62. The van der Waals surface area contributed by atoms with E-state index in [1.165, 1.54) is 39.7 Å². The normalized spacial score (nSPS) is 15.9. The number of aromatic nitrogens is 1. The summed E-state index contributed by atoms with van der Waals surface area (Å²) in [4.78, 5) is 33.9. The number of halogens is 1. The number of hydrogen-bond donors (Lipinski definition) is 1. The maximum atomic E-state index is 14.9. The van der Waals surface area contributed by atoms with Crippen molar-refractivity contribution in [3.8, 4) is 10.6 Å². The number of amides is 1. The minimum absolute atomic E-state index is 0.127. The van der Waals surface area contributed by atoms with E-state index in [9.17, 15) is 19.1 Å². The lowest BCUT2D eigenvalue weighted by molar-refractivity contribution is -0.130. The van der Waals surface area contributed by atoms with Gasteiger partial charge in [0.25, 0.3) is 5.91 Å². The predicted octanol–water partition coefficient (Wildman–Crippen LogP) is 6.10. The topological polar surface area (TPSA) is 70.5 Å². The van der Waals surface area contributed by atoms with Gasteiger partial charge in [-0.25, -0.2) is 9.37 Å². The minimum atomic E-state index is -1.05. The number of benzene rings is 2. The zero-order chi connectivity index (χ0) is 23.8. The first-order chi connectivity index (χ1) is 16.5. The van der Waals surface area contributed by atoms with E-state index in [2.05, 4.69) is 4.98 Å².